The van der Waals surface area contributed by atoms with Gasteiger partial charge < -0.3 is 0 Å². The van der Waals surface area contributed by atoms with E-state index in [1.807, 2.05) is 0 Å². The molecule has 1 fully saturated rings. The van der Waals surface area contributed by atoms with E-state index in [4.69, 9.17) is 5.84 Å². The number of hydrogen-bond donors (Lipinski definition) is 2. The lowest BCUT2D eigenvalue weighted by atomic mass is 9.79. The molecule has 0 aromatic heterocycles. The Hall–Kier alpha value is -1.14. The van der Waals surface area contributed by atoms with Crippen molar-refractivity contribution in [3.8, 4) is 0 Å². The Kier molecular flexibility index (Phi) is 4.10. The number of halogens is 4. The van der Waals surface area contributed by atoms with Crippen molar-refractivity contribution in [3.05, 3.63) is 35.4 Å². The Morgan fingerprint density at radius 3 is 2.16 bits per heavy atom. The molecule has 0 spiro atoms. The maximum absolute atomic E-state index is 13.7. The first-order chi connectivity index (χ1) is 8.94. The van der Waals surface area contributed by atoms with Gasteiger partial charge in [-0.1, -0.05) is 6.07 Å². The van der Waals surface area contributed by atoms with Crippen molar-refractivity contribution in [1.82, 2.24) is 5.43 Å². The molecule has 1 saturated carbocycles. The van der Waals surface area contributed by atoms with Crippen molar-refractivity contribution >= 4 is 0 Å². The average Bonchev–Trinajstić information content (AvgIpc) is 2.35. The third kappa shape index (κ3) is 3.06. The van der Waals surface area contributed by atoms with Crippen LogP contribution in [-0.2, 0) is 0 Å². The largest absolute Gasteiger partial charge is 0.271 e. The van der Waals surface area contributed by atoms with Crippen molar-refractivity contribution in [2.75, 3.05) is 0 Å². The Morgan fingerprint density at radius 2 is 1.68 bits per heavy atom. The van der Waals surface area contributed by atoms with E-state index < -0.39 is 23.6 Å². The van der Waals surface area contributed by atoms with Gasteiger partial charge in [0.1, 0.15) is 11.6 Å². The van der Waals surface area contributed by atoms with Gasteiger partial charge in [0.2, 0.25) is 5.92 Å². The van der Waals surface area contributed by atoms with Crippen LogP contribution in [0.25, 0.3) is 0 Å². The van der Waals surface area contributed by atoms with Gasteiger partial charge in [0.05, 0.1) is 6.04 Å². The van der Waals surface area contributed by atoms with Gasteiger partial charge in [-0.3, -0.25) is 11.3 Å². The number of nitrogens with two attached hydrogens (primary N) is 1. The molecule has 0 amide bonds. The zero-order valence-electron chi connectivity index (χ0n) is 10.3. The summed E-state index contributed by atoms with van der Waals surface area (Å²) in [5.74, 6) is 0.982. The average molecular weight is 276 g/mol. The third-order valence-corrected chi connectivity index (χ3v) is 3.72. The molecule has 19 heavy (non-hydrogen) atoms. The molecular formula is C13H16F4N2. The van der Waals surface area contributed by atoms with Crippen LogP contribution in [0.3, 0.4) is 0 Å². The second-order valence-electron chi connectivity index (χ2n) is 4.97. The Balaban J connectivity index is 2.21. The fourth-order valence-corrected chi connectivity index (χ4v) is 2.66. The van der Waals surface area contributed by atoms with Gasteiger partial charge in [-0.05, 0) is 30.9 Å². The zero-order chi connectivity index (χ0) is 14.0. The smallest absolute Gasteiger partial charge is 0.248 e. The standard InChI is InChI=1S/C13H16F4N2/c14-9-2-1-3-10(15)11(9)12(19-18)8-4-6-13(16,17)7-5-8/h1-3,8,12,19H,4-7,18H2. The van der Waals surface area contributed by atoms with Crippen LogP contribution in [0.4, 0.5) is 17.6 Å². The number of hydrogen-bond acceptors (Lipinski definition) is 2. The summed E-state index contributed by atoms with van der Waals surface area (Å²) in [6.45, 7) is 0. The monoisotopic (exact) mass is 276 g/mol. The van der Waals surface area contributed by atoms with Crippen LogP contribution >= 0.6 is 0 Å². The summed E-state index contributed by atoms with van der Waals surface area (Å²) in [5.41, 5.74) is 2.21. The molecule has 1 aliphatic carbocycles. The molecule has 0 heterocycles. The number of rotatable bonds is 3. The minimum atomic E-state index is -2.68. The van der Waals surface area contributed by atoms with E-state index in [1.54, 1.807) is 0 Å². The molecule has 0 bridgehead atoms. The summed E-state index contributed by atoms with van der Waals surface area (Å²) in [6, 6.07) is 2.76. The van der Waals surface area contributed by atoms with E-state index >= 15 is 0 Å². The van der Waals surface area contributed by atoms with E-state index in [-0.39, 0.29) is 37.2 Å². The third-order valence-electron chi connectivity index (χ3n) is 3.72. The van der Waals surface area contributed by atoms with Crippen molar-refractivity contribution in [3.63, 3.8) is 0 Å². The predicted molar refractivity (Wildman–Crippen MR) is 63.3 cm³/mol. The van der Waals surface area contributed by atoms with Gasteiger partial charge in [-0.15, -0.1) is 0 Å². The van der Waals surface area contributed by atoms with Gasteiger partial charge in [-0.2, -0.15) is 0 Å². The van der Waals surface area contributed by atoms with Crippen LogP contribution < -0.4 is 11.3 Å². The normalized spacial score (nSPS) is 21.3. The molecule has 3 N–H and O–H groups in total. The summed E-state index contributed by atoms with van der Waals surface area (Å²) in [6.07, 6.45) is -0.164. The summed E-state index contributed by atoms with van der Waals surface area (Å²) >= 11 is 0. The second kappa shape index (κ2) is 5.46. The summed E-state index contributed by atoms with van der Waals surface area (Å²) in [7, 11) is 0. The van der Waals surface area contributed by atoms with Gasteiger partial charge in [-0.25, -0.2) is 17.6 Å². The fourth-order valence-electron chi connectivity index (χ4n) is 2.66. The minimum absolute atomic E-state index is 0.166. The van der Waals surface area contributed by atoms with E-state index in [1.165, 1.54) is 6.07 Å². The highest BCUT2D eigenvalue weighted by atomic mass is 19.3. The molecule has 2 rings (SSSR count). The molecule has 106 valence electrons. The van der Waals surface area contributed by atoms with Gasteiger partial charge in [0.15, 0.2) is 0 Å². The van der Waals surface area contributed by atoms with Gasteiger partial charge >= 0.3 is 0 Å². The van der Waals surface area contributed by atoms with Gasteiger partial charge in [0, 0.05) is 18.4 Å². The van der Waals surface area contributed by atoms with E-state index in [2.05, 4.69) is 5.43 Å². The van der Waals surface area contributed by atoms with E-state index in [9.17, 15) is 17.6 Å². The molecule has 0 radical (unpaired) electrons. The summed E-state index contributed by atoms with van der Waals surface area (Å²) < 4.78 is 53.6. The highest BCUT2D eigenvalue weighted by Crippen LogP contribution is 2.41. The SMILES string of the molecule is NNC(c1c(F)cccc1F)C1CCC(F)(F)CC1. The summed E-state index contributed by atoms with van der Waals surface area (Å²) in [4.78, 5) is 0. The first kappa shape index (κ1) is 14.3. The predicted octanol–water partition coefficient (Wildman–Crippen LogP) is 3.29. The minimum Gasteiger partial charge on any atom is -0.271 e. The number of alkyl halides is 2. The van der Waals surface area contributed by atoms with Crippen LogP contribution in [0.15, 0.2) is 18.2 Å². The maximum Gasteiger partial charge on any atom is 0.248 e. The van der Waals surface area contributed by atoms with E-state index in [0.717, 1.165) is 12.1 Å². The fraction of sp³-hybridized carbons (Fsp3) is 0.538. The molecule has 1 aliphatic rings. The molecular weight excluding hydrogens is 260 g/mol. The van der Waals surface area contributed by atoms with Crippen molar-refractivity contribution < 1.29 is 17.6 Å². The topological polar surface area (TPSA) is 38.0 Å². The van der Waals surface area contributed by atoms with E-state index in [0.29, 0.717) is 0 Å². The van der Waals surface area contributed by atoms with Gasteiger partial charge in [0.25, 0.3) is 0 Å². The molecule has 1 unspecified atom stereocenters. The van der Waals surface area contributed by atoms with Crippen molar-refractivity contribution in [2.24, 2.45) is 11.8 Å². The lowest BCUT2D eigenvalue weighted by Crippen LogP contribution is -2.38. The lowest BCUT2D eigenvalue weighted by molar-refractivity contribution is -0.0500. The molecule has 1 atom stereocenters. The van der Waals surface area contributed by atoms with Crippen molar-refractivity contribution in [2.45, 2.75) is 37.6 Å². The van der Waals surface area contributed by atoms with Crippen LogP contribution in [0.2, 0.25) is 0 Å². The van der Waals surface area contributed by atoms with Crippen LogP contribution in [0, 0.1) is 17.6 Å². The van der Waals surface area contributed by atoms with Crippen LogP contribution in [0.5, 0.6) is 0 Å². The number of benzene rings is 1. The molecule has 1 aromatic rings. The molecule has 6 heteroatoms. The first-order valence-corrected chi connectivity index (χ1v) is 6.22. The molecule has 0 aliphatic heterocycles. The maximum atomic E-state index is 13.7. The van der Waals surface area contributed by atoms with Crippen LogP contribution in [-0.4, -0.2) is 5.92 Å². The Labute approximate surface area is 109 Å². The van der Waals surface area contributed by atoms with Crippen molar-refractivity contribution in [1.29, 1.82) is 0 Å². The highest BCUT2D eigenvalue weighted by molar-refractivity contribution is 5.24. The molecule has 1 aromatic carbocycles. The second-order valence-corrected chi connectivity index (χ2v) is 4.97. The Morgan fingerprint density at radius 1 is 1.16 bits per heavy atom. The quantitative estimate of drug-likeness (QED) is 0.505. The molecule has 2 nitrogen and oxygen atoms in total. The number of nitrogens with one attached hydrogen (secondary N) is 1. The number of hydrazine groups is 1. The highest BCUT2D eigenvalue weighted by Gasteiger charge is 2.39. The lowest BCUT2D eigenvalue weighted by Gasteiger charge is -2.33. The summed E-state index contributed by atoms with van der Waals surface area (Å²) in [5, 5.41) is 0. The zero-order valence-corrected chi connectivity index (χ0v) is 10.3. The molecule has 0 saturated heterocycles. The van der Waals surface area contributed by atoms with Crippen LogP contribution in [0.1, 0.15) is 37.3 Å². The Bertz CT molecular complexity index is 420. The first-order valence-electron chi connectivity index (χ1n) is 6.22.